The molecule has 6 heteroatoms. The van der Waals surface area contributed by atoms with Gasteiger partial charge in [0.15, 0.2) is 0 Å². The number of carbonyl (C=O) groups is 1. The number of rotatable bonds is 3. The second kappa shape index (κ2) is 6.00. The monoisotopic (exact) mass is 322 g/mol. The minimum atomic E-state index is -0.0906. The van der Waals surface area contributed by atoms with Crippen molar-refractivity contribution in [1.82, 2.24) is 15.1 Å². The molecule has 1 aromatic heterocycles. The number of carbonyl (C=O) groups excluding carboxylic acids is 1. The van der Waals surface area contributed by atoms with E-state index in [0.29, 0.717) is 18.7 Å². The van der Waals surface area contributed by atoms with E-state index in [1.807, 2.05) is 11.1 Å². The van der Waals surface area contributed by atoms with E-state index >= 15 is 0 Å². The molecule has 2 aromatic rings. The van der Waals surface area contributed by atoms with Gasteiger partial charge in [-0.2, -0.15) is 10.4 Å². The van der Waals surface area contributed by atoms with Gasteiger partial charge in [0, 0.05) is 0 Å². The number of fused-ring (bicyclic) bond motifs is 1. The van der Waals surface area contributed by atoms with Gasteiger partial charge in [0.1, 0.15) is 11.9 Å². The lowest BCUT2D eigenvalue weighted by molar-refractivity contribution is -0.142. The minimum Gasteiger partial charge on any atom is -0.487 e. The lowest BCUT2D eigenvalue weighted by Crippen LogP contribution is -2.57. The summed E-state index contributed by atoms with van der Waals surface area (Å²) in [6.07, 6.45) is 4.77. The van der Waals surface area contributed by atoms with E-state index in [1.165, 1.54) is 5.56 Å². The Balaban J connectivity index is 1.34. The maximum atomic E-state index is 12.7. The predicted molar refractivity (Wildman–Crippen MR) is 86.4 cm³/mol. The summed E-state index contributed by atoms with van der Waals surface area (Å²) in [5.74, 6) is 0.812. The topological polar surface area (TPSA) is 82.0 Å². The van der Waals surface area contributed by atoms with Crippen molar-refractivity contribution in [2.24, 2.45) is 0 Å². The average molecular weight is 322 g/mol. The molecule has 1 fully saturated rings. The van der Waals surface area contributed by atoms with Crippen LogP contribution in [0.25, 0.3) is 0 Å². The number of hydrogen-bond donors (Lipinski definition) is 1. The van der Waals surface area contributed by atoms with Crippen LogP contribution in [0.15, 0.2) is 30.5 Å². The van der Waals surface area contributed by atoms with Gasteiger partial charge < -0.3 is 9.64 Å². The molecule has 1 amide bonds. The summed E-state index contributed by atoms with van der Waals surface area (Å²) in [4.78, 5) is 14.6. The van der Waals surface area contributed by atoms with Crippen molar-refractivity contribution in [3.8, 4) is 11.8 Å². The normalized spacial score (nSPS) is 20.0. The number of nitrogens with one attached hydrogen (secondary N) is 1. The molecule has 24 heavy (non-hydrogen) atoms. The van der Waals surface area contributed by atoms with E-state index in [2.05, 4.69) is 16.3 Å². The minimum absolute atomic E-state index is 0.0201. The lowest BCUT2D eigenvalue weighted by Gasteiger charge is -2.41. The average Bonchev–Trinajstić information content (AvgIpc) is 3.06. The Morgan fingerprint density at radius 1 is 1.33 bits per heavy atom. The van der Waals surface area contributed by atoms with Crippen molar-refractivity contribution in [1.29, 1.82) is 5.26 Å². The highest BCUT2D eigenvalue weighted by atomic mass is 16.5. The summed E-state index contributed by atoms with van der Waals surface area (Å²) in [6.45, 7) is 1.22. The highest BCUT2D eigenvalue weighted by Gasteiger charge is 2.38. The molecule has 122 valence electrons. The van der Waals surface area contributed by atoms with Crippen LogP contribution >= 0.6 is 0 Å². The number of ether oxygens (including phenoxy) is 1. The third-order valence-electron chi connectivity index (χ3n) is 4.78. The van der Waals surface area contributed by atoms with Crippen LogP contribution < -0.4 is 4.74 Å². The number of H-pyrrole nitrogens is 1. The maximum Gasteiger partial charge on any atom is 0.231 e. The smallest absolute Gasteiger partial charge is 0.231 e. The van der Waals surface area contributed by atoms with Crippen molar-refractivity contribution in [2.45, 2.75) is 31.3 Å². The van der Waals surface area contributed by atoms with Gasteiger partial charge >= 0.3 is 0 Å². The second-order valence-corrected chi connectivity index (χ2v) is 6.37. The molecule has 1 N–H and O–H groups in total. The van der Waals surface area contributed by atoms with Crippen molar-refractivity contribution >= 4 is 5.91 Å². The summed E-state index contributed by atoms with van der Waals surface area (Å²) >= 11 is 0. The first-order valence-electron chi connectivity index (χ1n) is 8.22. The van der Waals surface area contributed by atoms with E-state index < -0.39 is 0 Å². The largest absolute Gasteiger partial charge is 0.487 e. The van der Waals surface area contributed by atoms with Gasteiger partial charge in [-0.3, -0.25) is 9.89 Å². The van der Waals surface area contributed by atoms with Crippen LogP contribution in [0.5, 0.6) is 5.75 Å². The first kappa shape index (κ1) is 14.8. The quantitative estimate of drug-likeness (QED) is 0.937. The van der Waals surface area contributed by atoms with Gasteiger partial charge in [0.2, 0.25) is 5.91 Å². The van der Waals surface area contributed by atoms with E-state index in [-0.39, 0.29) is 17.9 Å². The first-order valence-corrected chi connectivity index (χ1v) is 8.22. The van der Waals surface area contributed by atoms with Crippen LogP contribution in [0.4, 0.5) is 0 Å². The molecular weight excluding hydrogens is 304 g/mol. The molecule has 0 spiro atoms. The van der Waals surface area contributed by atoms with E-state index in [1.54, 1.807) is 24.3 Å². The van der Waals surface area contributed by atoms with Crippen LogP contribution in [0, 0.1) is 11.3 Å². The Morgan fingerprint density at radius 3 is 2.88 bits per heavy atom. The summed E-state index contributed by atoms with van der Waals surface area (Å²) in [7, 11) is 0. The number of aromatic nitrogens is 2. The fourth-order valence-corrected chi connectivity index (χ4v) is 3.42. The van der Waals surface area contributed by atoms with Crippen molar-refractivity contribution < 1.29 is 9.53 Å². The first-order chi connectivity index (χ1) is 11.7. The molecule has 1 aromatic carbocycles. The summed E-state index contributed by atoms with van der Waals surface area (Å²) in [5.41, 5.74) is 2.77. The van der Waals surface area contributed by atoms with Crippen LogP contribution in [0.2, 0.25) is 0 Å². The summed E-state index contributed by atoms with van der Waals surface area (Å²) in [5, 5.41) is 15.9. The third kappa shape index (κ3) is 2.62. The van der Waals surface area contributed by atoms with Crippen LogP contribution in [-0.4, -0.2) is 40.2 Å². The zero-order valence-corrected chi connectivity index (χ0v) is 13.2. The standard InChI is InChI=1S/C18H18N4O2/c19-8-12-4-6-14(7-5-12)24-15-10-22(11-15)18(23)16-3-1-2-13-9-20-21-17(13)16/h4-7,9,15-16H,1-3,10-11H2,(H,20,21). The number of aryl methyl sites for hydroxylation is 1. The highest BCUT2D eigenvalue weighted by molar-refractivity contribution is 5.84. The molecule has 0 bridgehead atoms. The molecule has 1 aliphatic heterocycles. The zero-order valence-electron chi connectivity index (χ0n) is 13.2. The molecule has 2 aliphatic rings. The van der Waals surface area contributed by atoms with Gasteiger partial charge in [0.25, 0.3) is 0 Å². The summed E-state index contributed by atoms with van der Waals surface area (Å²) in [6, 6.07) is 9.14. The molecule has 1 unspecified atom stereocenters. The van der Waals surface area contributed by atoms with Crippen LogP contribution in [0.3, 0.4) is 0 Å². The molecule has 4 rings (SSSR count). The zero-order chi connectivity index (χ0) is 16.5. The van der Waals surface area contributed by atoms with Crippen molar-refractivity contribution in [2.75, 3.05) is 13.1 Å². The highest BCUT2D eigenvalue weighted by Crippen LogP contribution is 2.32. The van der Waals surface area contributed by atoms with E-state index in [4.69, 9.17) is 10.00 Å². The van der Waals surface area contributed by atoms with Gasteiger partial charge in [-0.1, -0.05) is 0 Å². The van der Waals surface area contributed by atoms with Crippen LogP contribution in [-0.2, 0) is 11.2 Å². The molecule has 1 atom stereocenters. The predicted octanol–water partition coefficient (Wildman–Crippen LogP) is 1.99. The fraction of sp³-hybridized carbons (Fsp3) is 0.389. The number of hydrogen-bond acceptors (Lipinski definition) is 4. The number of nitrogens with zero attached hydrogens (tertiary/aromatic N) is 3. The van der Waals surface area contributed by atoms with E-state index in [0.717, 1.165) is 30.7 Å². The number of benzene rings is 1. The maximum absolute atomic E-state index is 12.7. The Hall–Kier alpha value is -2.81. The summed E-state index contributed by atoms with van der Waals surface area (Å²) < 4.78 is 5.85. The number of amides is 1. The molecule has 1 aliphatic carbocycles. The van der Waals surface area contributed by atoms with Gasteiger partial charge in [0.05, 0.1) is 42.5 Å². The Morgan fingerprint density at radius 2 is 2.12 bits per heavy atom. The van der Waals surface area contributed by atoms with Crippen molar-refractivity contribution in [3.63, 3.8) is 0 Å². The third-order valence-corrected chi connectivity index (χ3v) is 4.78. The molecule has 2 heterocycles. The molecule has 0 radical (unpaired) electrons. The molecule has 1 saturated heterocycles. The molecule has 0 saturated carbocycles. The Labute approximate surface area is 140 Å². The van der Waals surface area contributed by atoms with Gasteiger partial charge in [-0.25, -0.2) is 0 Å². The number of likely N-dealkylation sites (tertiary alicyclic amines) is 1. The lowest BCUT2D eigenvalue weighted by atomic mass is 9.86. The second-order valence-electron chi connectivity index (χ2n) is 6.37. The number of aromatic amines is 1. The van der Waals surface area contributed by atoms with E-state index in [9.17, 15) is 4.79 Å². The Bertz CT molecular complexity index is 784. The van der Waals surface area contributed by atoms with Gasteiger partial charge in [-0.05, 0) is 49.1 Å². The Kier molecular flexibility index (Phi) is 3.69. The molecular formula is C18H18N4O2. The molecule has 6 nitrogen and oxygen atoms in total. The SMILES string of the molecule is N#Cc1ccc(OC2CN(C(=O)C3CCCc4cn[nH]c43)C2)cc1. The van der Waals surface area contributed by atoms with Crippen LogP contribution in [0.1, 0.15) is 35.6 Å². The van der Waals surface area contributed by atoms with Gasteiger partial charge in [-0.15, -0.1) is 0 Å². The number of nitriles is 1. The fourth-order valence-electron chi connectivity index (χ4n) is 3.42. The van der Waals surface area contributed by atoms with Crippen molar-refractivity contribution in [3.05, 3.63) is 47.3 Å².